The first kappa shape index (κ1) is 13.1. The van der Waals surface area contributed by atoms with Gasteiger partial charge in [-0.2, -0.15) is 8.42 Å². The van der Waals surface area contributed by atoms with Gasteiger partial charge in [0.1, 0.15) is 0 Å². The van der Waals surface area contributed by atoms with E-state index in [0.717, 1.165) is 0 Å². The smallest absolute Gasteiger partial charge is 0.312 e. The first-order chi connectivity index (χ1) is 5.83. The van der Waals surface area contributed by atoms with E-state index in [1.54, 1.807) is 0 Å². The molecular weight excluding hydrogens is 219 g/mol. The van der Waals surface area contributed by atoms with E-state index in [9.17, 15) is 13.0 Å². The van der Waals surface area contributed by atoms with Gasteiger partial charge in [0.2, 0.25) is 0 Å². The van der Waals surface area contributed by atoms with Crippen LogP contribution in [-0.2, 0) is 23.7 Å². The fraction of sp³-hybridized carbons (Fsp3) is 1.00. The van der Waals surface area contributed by atoms with Gasteiger partial charge in [0.25, 0.3) is 10.1 Å². The zero-order valence-corrected chi connectivity index (χ0v) is 9.18. The molecule has 13 heavy (non-hydrogen) atoms. The molecule has 0 rings (SSSR count). The third kappa shape index (κ3) is 6.17. The summed E-state index contributed by atoms with van der Waals surface area (Å²) in [6.07, 6.45) is 0.0115. The summed E-state index contributed by atoms with van der Waals surface area (Å²) in [5, 5.41) is 0. The van der Waals surface area contributed by atoms with Crippen molar-refractivity contribution in [3.8, 4) is 0 Å². The summed E-state index contributed by atoms with van der Waals surface area (Å²) in [5.74, 6) is -0.441. The summed E-state index contributed by atoms with van der Waals surface area (Å²) in [6.45, 7) is 0. The van der Waals surface area contributed by atoms with Crippen LogP contribution in [0.15, 0.2) is 0 Å². The van der Waals surface area contributed by atoms with Gasteiger partial charge in [-0.3, -0.25) is 9.12 Å². The predicted octanol–water partition coefficient (Wildman–Crippen LogP) is 0.750. The molecule has 0 saturated carbocycles. The molecule has 80 valence electrons. The van der Waals surface area contributed by atoms with E-state index in [2.05, 4.69) is 9.05 Å². The molecule has 0 saturated heterocycles. The SMILES string of the molecule is COP(=O)(CCCS(=O)(=O)O)OC. The average Bonchev–Trinajstić information content (AvgIpc) is 2.02. The lowest BCUT2D eigenvalue weighted by Gasteiger charge is -2.12. The molecule has 0 fully saturated rings. The largest absolute Gasteiger partial charge is 0.330 e. The Labute approximate surface area is 77.5 Å². The summed E-state index contributed by atoms with van der Waals surface area (Å²) in [7, 11) is -4.70. The molecule has 0 bridgehead atoms. The molecule has 1 N–H and O–H groups in total. The van der Waals surface area contributed by atoms with Gasteiger partial charge in [0.15, 0.2) is 0 Å². The highest BCUT2D eigenvalue weighted by Gasteiger charge is 2.21. The zero-order chi connectivity index (χ0) is 10.5. The molecule has 0 amide bonds. The molecule has 0 aliphatic carbocycles. The van der Waals surface area contributed by atoms with Crippen molar-refractivity contribution in [3.63, 3.8) is 0 Å². The topological polar surface area (TPSA) is 89.9 Å². The van der Waals surface area contributed by atoms with Crippen molar-refractivity contribution in [1.82, 2.24) is 0 Å². The highest BCUT2D eigenvalue weighted by Crippen LogP contribution is 2.46. The van der Waals surface area contributed by atoms with Gasteiger partial charge < -0.3 is 9.05 Å². The highest BCUT2D eigenvalue weighted by molar-refractivity contribution is 7.85. The Hall–Kier alpha value is 0.0600. The van der Waals surface area contributed by atoms with Crippen LogP contribution in [0.3, 0.4) is 0 Å². The predicted molar refractivity (Wildman–Crippen MR) is 47.5 cm³/mol. The van der Waals surface area contributed by atoms with Crippen LogP contribution in [0.5, 0.6) is 0 Å². The van der Waals surface area contributed by atoms with Crippen molar-refractivity contribution in [2.24, 2.45) is 0 Å². The molecule has 0 radical (unpaired) electrons. The van der Waals surface area contributed by atoms with E-state index in [1.165, 1.54) is 14.2 Å². The molecule has 0 aromatic carbocycles. The molecule has 0 aliphatic rings. The Kier molecular flexibility index (Phi) is 5.09. The lowest BCUT2D eigenvalue weighted by atomic mass is 10.6. The van der Waals surface area contributed by atoms with Crippen LogP contribution in [0.25, 0.3) is 0 Å². The van der Waals surface area contributed by atoms with Crippen LogP contribution >= 0.6 is 7.60 Å². The molecular formula is C5H13O6PS. The monoisotopic (exact) mass is 232 g/mol. The Bertz CT molecular complexity index is 275. The lowest BCUT2D eigenvalue weighted by molar-refractivity contribution is 0.276. The van der Waals surface area contributed by atoms with Gasteiger partial charge in [0, 0.05) is 14.2 Å². The number of hydrogen-bond donors (Lipinski definition) is 1. The summed E-state index contributed by atoms with van der Waals surface area (Å²) in [4.78, 5) is 0. The minimum atomic E-state index is -4.00. The second-order valence-corrected chi connectivity index (χ2v) is 6.31. The van der Waals surface area contributed by atoms with Crippen LogP contribution in [0.1, 0.15) is 6.42 Å². The van der Waals surface area contributed by atoms with Gasteiger partial charge in [-0.15, -0.1) is 0 Å². The van der Waals surface area contributed by atoms with Crippen molar-refractivity contribution in [2.75, 3.05) is 26.1 Å². The van der Waals surface area contributed by atoms with Crippen molar-refractivity contribution in [2.45, 2.75) is 6.42 Å². The highest BCUT2D eigenvalue weighted by atomic mass is 32.2. The van der Waals surface area contributed by atoms with Crippen molar-refractivity contribution in [3.05, 3.63) is 0 Å². The summed E-state index contributed by atoms with van der Waals surface area (Å²) in [5.41, 5.74) is 0. The van der Waals surface area contributed by atoms with Crippen molar-refractivity contribution in [1.29, 1.82) is 0 Å². The zero-order valence-electron chi connectivity index (χ0n) is 7.47. The van der Waals surface area contributed by atoms with Crippen LogP contribution in [-0.4, -0.2) is 39.1 Å². The first-order valence-corrected chi connectivity index (χ1v) is 6.82. The molecule has 0 aromatic heterocycles. The van der Waals surface area contributed by atoms with E-state index in [-0.39, 0.29) is 12.6 Å². The Morgan fingerprint density at radius 2 is 1.77 bits per heavy atom. The van der Waals surface area contributed by atoms with Crippen molar-refractivity contribution < 1.29 is 26.6 Å². The minimum absolute atomic E-state index is 0.0280. The van der Waals surface area contributed by atoms with Crippen LogP contribution in [0.4, 0.5) is 0 Å². The molecule has 8 heteroatoms. The minimum Gasteiger partial charge on any atom is -0.312 e. The number of hydrogen-bond acceptors (Lipinski definition) is 5. The van der Waals surface area contributed by atoms with E-state index < -0.39 is 23.5 Å². The van der Waals surface area contributed by atoms with Crippen molar-refractivity contribution >= 4 is 17.7 Å². The molecule has 0 spiro atoms. The summed E-state index contributed by atoms with van der Waals surface area (Å²) < 4.78 is 49.3. The quantitative estimate of drug-likeness (QED) is 0.536. The van der Waals surface area contributed by atoms with Gasteiger partial charge >= 0.3 is 7.60 Å². The van der Waals surface area contributed by atoms with Gasteiger partial charge in [0.05, 0.1) is 11.9 Å². The van der Waals surface area contributed by atoms with Crippen LogP contribution in [0.2, 0.25) is 0 Å². The first-order valence-electron chi connectivity index (χ1n) is 3.49. The van der Waals surface area contributed by atoms with Crippen LogP contribution < -0.4 is 0 Å². The summed E-state index contributed by atoms with van der Waals surface area (Å²) in [6, 6.07) is 0. The van der Waals surface area contributed by atoms with Gasteiger partial charge in [-0.1, -0.05) is 0 Å². The maximum Gasteiger partial charge on any atom is 0.330 e. The second-order valence-electron chi connectivity index (χ2n) is 2.34. The number of rotatable bonds is 6. The van der Waals surface area contributed by atoms with Crippen LogP contribution in [0, 0.1) is 0 Å². The maximum atomic E-state index is 11.3. The van der Waals surface area contributed by atoms with E-state index >= 15 is 0 Å². The Morgan fingerprint density at radius 3 is 2.08 bits per heavy atom. The summed E-state index contributed by atoms with van der Waals surface area (Å²) >= 11 is 0. The lowest BCUT2D eigenvalue weighted by Crippen LogP contribution is -2.06. The second kappa shape index (κ2) is 5.07. The molecule has 0 unspecified atom stereocenters. The fourth-order valence-corrected chi connectivity index (χ4v) is 2.48. The van der Waals surface area contributed by atoms with E-state index in [4.69, 9.17) is 4.55 Å². The molecule has 6 nitrogen and oxygen atoms in total. The maximum absolute atomic E-state index is 11.3. The van der Waals surface area contributed by atoms with E-state index in [1.807, 2.05) is 0 Å². The van der Waals surface area contributed by atoms with E-state index in [0.29, 0.717) is 0 Å². The normalized spacial score (nSPS) is 13.2. The molecule has 0 aliphatic heterocycles. The van der Waals surface area contributed by atoms with Gasteiger partial charge in [-0.05, 0) is 6.42 Å². The Morgan fingerprint density at radius 1 is 1.31 bits per heavy atom. The molecule has 0 aromatic rings. The third-order valence-corrected chi connectivity index (χ3v) is 4.17. The molecule has 0 atom stereocenters. The molecule has 0 heterocycles. The fourth-order valence-electron chi connectivity index (χ4n) is 0.698. The average molecular weight is 232 g/mol. The third-order valence-electron chi connectivity index (χ3n) is 1.39. The standard InChI is InChI=1S/C5H13O6PS/c1-10-12(6,11-2)4-3-5-13(7,8)9/h3-5H2,1-2H3,(H,7,8,9). The Balaban J connectivity index is 3.96. The van der Waals surface area contributed by atoms with Gasteiger partial charge in [-0.25, -0.2) is 0 Å².